The minimum Gasteiger partial charge on any atom is -0.372 e. The molecule has 0 bridgehead atoms. The fourth-order valence-corrected chi connectivity index (χ4v) is 4.79. The molecule has 0 heterocycles. The van der Waals surface area contributed by atoms with E-state index >= 15 is 0 Å². The van der Waals surface area contributed by atoms with Gasteiger partial charge in [-0.25, -0.2) is 0 Å². The van der Waals surface area contributed by atoms with Gasteiger partial charge in [-0.1, -0.05) is 97.4 Å². The molecule has 2 aromatic rings. The van der Waals surface area contributed by atoms with E-state index in [2.05, 4.69) is 92.9 Å². The Bertz CT molecular complexity index is 722. The zero-order valence-corrected chi connectivity index (χ0v) is 24.8. The molecule has 0 saturated heterocycles. The van der Waals surface area contributed by atoms with Crippen molar-refractivity contribution in [3.63, 3.8) is 0 Å². The first kappa shape index (κ1) is 31.2. The van der Waals surface area contributed by atoms with E-state index in [9.17, 15) is 0 Å². The Morgan fingerprint density at radius 2 is 0.838 bits per heavy atom. The van der Waals surface area contributed by atoms with Crippen LogP contribution in [-0.2, 0) is 4.74 Å². The summed E-state index contributed by atoms with van der Waals surface area (Å²) in [6.45, 7) is 16.7. The minimum absolute atomic E-state index is 0.0144. The second kappa shape index (κ2) is 19.1. The molecule has 0 saturated carbocycles. The van der Waals surface area contributed by atoms with Gasteiger partial charge in [-0.15, -0.1) is 0 Å². The molecule has 0 spiro atoms. The fraction of sp³-hybridized carbons (Fsp3) is 0.647. The lowest BCUT2D eigenvalue weighted by Crippen LogP contribution is -2.25. The van der Waals surface area contributed by atoms with Gasteiger partial charge in [0.15, 0.2) is 0 Å². The molecule has 0 amide bonds. The van der Waals surface area contributed by atoms with E-state index < -0.39 is 0 Å². The van der Waals surface area contributed by atoms with Crippen LogP contribution in [0.15, 0.2) is 48.5 Å². The highest BCUT2D eigenvalue weighted by Crippen LogP contribution is 2.30. The van der Waals surface area contributed by atoms with Gasteiger partial charge in [0.25, 0.3) is 0 Å². The highest BCUT2D eigenvalue weighted by molar-refractivity contribution is 5.51. The Balaban J connectivity index is 2.24. The Morgan fingerprint density at radius 3 is 1.16 bits per heavy atom. The number of rotatable bonds is 21. The molecular weight excluding hydrogens is 452 g/mol. The fourth-order valence-electron chi connectivity index (χ4n) is 4.79. The largest absolute Gasteiger partial charge is 0.372 e. The first-order valence-electron chi connectivity index (χ1n) is 15.5. The Kier molecular flexibility index (Phi) is 16.1. The predicted molar refractivity (Wildman–Crippen MR) is 164 cm³/mol. The molecule has 0 aromatic heterocycles. The molecule has 0 N–H and O–H groups in total. The van der Waals surface area contributed by atoms with Crippen LogP contribution in [0.25, 0.3) is 0 Å². The van der Waals surface area contributed by atoms with Crippen molar-refractivity contribution in [2.45, 2.75) is 111 Å². The van der Waals surface area contributed by atoms with Crippen molar-refractivity contribution in [1.82, 2.24) is 0 Å². The van der Waals surface area contributed by atoms with Crippen LogP contribution in [0, 0.1) is 0 Å². The lowest BCUT2D eigenvalue weighted by Gasteiger charge is -2.27. The van der Waals surface area contributed by atoms with Crippen LogP contribution in [-0.4, -0.2) is 32.8 Å². The van der Waals surface area contributed by atoms with Crippen molar-refractivity contribution in [3.05, 3.63) is 59.7 Å². The van der Waals surface area contributed by atoms with Crippen LogP contribution in [0.2, 0.25) is 0 Å². The molecule has 2 rings (SSSR count). The topological polar surface area (TPSA) is 15.7 Å². The zero-order chi connectivity index (χ0) is 26.7. The molecule has 0 atom stereocenters. The van der Waals surface area contributed by atoms with Crippen LogP contribution in [0.5, 0.6) is 0 Å². The highest BCUT2D eigenvalue weighted by Gasteiger charge is 2.17. The predicted octanol–water partition coefficient (Wildman–Crippen LogP) is 9.80. The molecule has 3 nitrogen and oxygen atoms in total. The van der Waals surface area contributed by atoms with E-state index in [0.717, 1.165) is 39.2 Å². The molecule has 3 heteroatoms. The van der Waals surface area contributed by atoms with Gasteiger partial charge in [0.05, 0.1) is 0 Å². The Labute approximate surface area is 229 Å². The van der Waals surface area contributed by atoms with E-state index in [1.165, 1.54) is 86.7 Å². The summed E-state index contributed by atoms with van der Waals surface area (Å²) in [5, 5.41) is 0. The van der Waals surface area contributed by atoms with E-state index in [-0.39, 0.29) is 6.10 Å². The van der Waals surface area contributed by atoms with Gasteiger partial charge in [-0.05, 0) is 67.5 Å². The van der Waals surface area contributed by atoms with E-state index in [1.807, 2.05) is 0 Å². The first-order valence-corrected chi connectivity index (χ1v) is 15.5. The van der Waals surface area contributed by atoms with Gasteiger partial charge in [0, 0.05) is 44.2 Å². The summed E-state index contributed by atoms with van der Waals surface area (Å²) in [6, 6.07) is 18.5. The number of hydrogen-bond acceptors (Lipinski definition) is 3. The standard InChI is InChI=1S/C34H56N2O/c1-6-11-16-29-37-34(30-17-21-32(22-18-30)35(25-12-7-2)26-13-8-3)31-19-23-33(24-20-31)36(27-14-9-4)28-15-10-5/h17-24,34H,6-16,25-29H2,1-5H3. The summed E-state index contributed by atoms with van der Waals surface area (Å²) in [6.07, 6.45) is 13.5. The van der Waals surface area contributed by atoms with Crippen LogP contribution in [0.4, 0.5) is 11.4 Å². The van der Waals surface area contributed by atoms with E-state index in [1.54, 1.807) is 0 Å². The van der Waals surface area contributed by atoms with Gasteiger partial charge in [0.1, 0.15) is 6.10 Å². The average molecular weight is 509 g/mol. The van der Waals surface area contributed by atoms with Crippen molar-refractivity contribution in [2.24, 2.45) is 0 Å². The third-order valence-electron chi connectivity index (χ3n) is 7.28. The Morgan fingerprint density at radius 1 is 0.486 bits per heavy atom. The molecule has 0 radical (unpaired) electrons. The first-order chi connectivity index (χ1) is 18.2. The quantitative estimate of drug-likeness (QED) is 0.156. The van der Waals surface area contributed by atoms with Gasteiger partial charge < -0.3 is 14.5 Å². The maximum Gasteiger partial charge on any atom is 0.108 e. The number of hydrogen-bond donors (Lipinski definition) is 0. The number of unbranched alkanes of at least 4 members (excludes halogenated alkanes) is 6. The summed E-state index contributed by atoms with van der Waals surface area (Å²) in [7, 11) is 0. The van der Waals surface area contributed by atoms with Crippen LogP contribution >= 0.6 is 0 Å². The lowest BCUT2D eigenvalue weighted by atomic mass is 10.00. The number of ether oxygens (including phenoxy) is 1. The third-order valence-corrected chi connectivity index (χ3v) is 7.28. The molecule has 0 aliphatic heterocycles. The summed E-state index contributed by atoms with van der Waals surface area (Å²) < 4.78 is 6.55. The van der Waals surface area contributed by atoms with Crippen molar-refractivity contribution >= 4 is 11.4 Å². The molecule has 0 unspecified atom stereocenters. The second-order valence-corrected chi connectivity index (χ2v) is 10.5. The van der Waals surface area contributed by atoms with Crippen LogP contribution in [0.1, 0.15) is 122 Å². The van der Waals surface area contributed by atoms with Crippen molar-refractivity contribution in [3.8, 4) is 0 Å². The van der Waals surface area contributed by atoms with E-state index in [4.69, 9.17) is 4.74 Å². The summed E-state index contributed by atoms with van der Waals surface area (Å²) >= 11 is 0. The average Bonchev–Trinajstić information content (AvgIpc) is 2.94. The molecule has 0 aliphatic rings. The monoisotopic (exact) mass is 508 g/mol. The molecule has 0 fully saturated rings. The number of anilines is 2. The normalized spacial score (nSPS) is 11.3. The Hall–Kier alpha value is -2.00. The molecule has 37 heavy (non-hydrogen) atoms. The minimum atomic E-state index is -0.0144. The SMILES string of the molecule is CCCCCOC(c1ccc(N(CCCC)CCCC)cc1)c1ccc(N(CCCC)CCCC)cc1. The third kappa shape index (κ3) is 11.1. The van der Waals surface area contributed by atoms with E-state index in [0.29, 0.717) is 0 Å². The van der Waals surface area contributed by atoms with Crippen molar-refractivity contribution in [2.75, 3.05) is 42.6 Å². The van der Waals surface area contributed by atoms with Gasteiger partial charge in [-0.2, -0.15) is 0 Å². The molecule has 2 aromatic carbocycles. The van der Waals surface area contributed by atoms with Crippen LogP contribution in [0.3, 0.4) is 0 Å². The maximum atomic E-state index is 6.55. The molecule has 208 valence electrons. The number of benzene rings is 2. The smallest absolute Gasteiger partial charge is 0.108 e. The molecular formula is C34H56N2O. The van der Waals surface area contributed by atoms with Crippen LogP contribution < -0.4 is 9.80 Å². The second-order valence-electron chi connectivity index (χ2n) is 10.5. The van der Waals surface area contributed by atoms with Gasteiger partial charge in [0.2, 0.25) is 0 Å². The maximum absolute atomic E-state index is 6.55. The summed E-state index contributed by atoms with van der Waals surface area (Å²) in [5.74, 6) is 0. The number of nitrogens with zero attached hydrogens (tertiary/aromatic N) is 2. The zero-order valence-electron chi connectivity index (χ0n) is 24.8. The van der Waals surface area contributed by atoms with Gasteiger partial charge in [-0.3, -0.25) is 0 Å². The molecule has 0 aliphatic carbocycles. The van der Waals surface area contributed by atoms with Crippen molar-refractivity contribution in [1.29, 1.82) is 0 Å². The van der Waals surface area contributed by atoms with Gasteiger partial charge >= 0.3 is 0 Å². The van der Waals surface area contributed by atoms with Crippen molar-refractivity contribution < 1.29 is 4.74 Å². The summed E-state index contributed by atoms with van der Waals surface area (Å²) in [4.78, 5) is 5.12. The highest BCUT2D eigenvalue weighted by atomic mass is 16.5. The lowest BCUT2D eigenvalue weighted by molar-refractivity contribution is 0.0771. The summed E-state index contributed by atoms with van der Waals surface area (Å²) in [5.41, 5.74) is 5.20.